The molecule has 4 atom stereocenters. The molecule has 1 heterocycles. The van der Waals surface area contributed by atoms with Gasteiger partial charge in [-0.05, 0) is 24.1 Å². The Morgan fingerprint density at radius 2 is 2.03 bits per heavy atom. The van der Waals surface area contributed by atoms with Crippen molar-refractivity contribution in [2.24, 2.45) is 38.3 Å². The summed E-state index contributed by atoms with van der Waals surface area (Å²) < 4.78 is 5.23. The molecule has 4 unspecified atom stereocenters. The third-order valence-corrected chi connectivity index (χ3v) is 6.16. The Bertz CT molecular complexity index is 1050. The summed E-state index contributed by atoms with van der Waals surface area (Å²) >= 11 is 0. The van der Waals surface area contributed by atoms with E-state index >= 15 is 0 Å². The van der Waals surface area contributed by atoms with Crippen LogP contribution in [0.5, 0.6) is 5.75 Å². The van der Waals surface area contributed by atoms with Gasteiger partial charge >= 0.3 is 6.03 Å². The van der Waals surface area contributed by atoms with Crippen molar-refractivity contribution in [3.8, 4) is 17.9 Å². The van der Waals surface area contributed by atoms with Crippen molar-refractivity contribution in [2.75, 3.05) is 7.11 Å². The highest BCUT2D eigenvalue weighted by molar-refractivity contribution is 6.15. The van der Waals surface area contributed by atoms with Crippen LogP contribution in [0, 0.1) is 39.4 Å². The molecule has 5 N–H and O–H groups in total. The maximum atomic E-state index is 12.9. The van der Waals surface area contributed by atoms with Crippen LogP contribution in [-0.2, 0) is 4.79 Å². The SMILES string of the molecule is CCCC1C(=NNC(N)=O)CC2(C#N)C(=O)N=C(N)C2(C#N)C1c1ccc(OC)cc1. The zero-order valence-electron chi connectivity index (χ0n) is 17.3. The lowest BCUT2D eigenvalue weighted by Gasteiger charge is -2.48. The predicted octanol–water partition coefficient (Wildman–Crippen LogP) is 1.54. The Kier molecular flexibility index (Phi) is 5.67. The second-order valence-corrected chi connectivity index (χ2v) is 7.64. The van der Waals surface area contributed by atoms with E-state index in [0.717, 1.165) is 6.42 Å². The van der Waals surface area contributed by atoms with Crippen molar-refractivity contribution < 1.29 is 14.3 Å². The zero-order valence-corrected chi connectivity index (χ0v) is 17.3. The standard InChI is InChI=1S/C21H23N7O3/c1-3-4-14-15(27-28-19(25)30)9-20(10-22)18(29)26-17(24)21(20,11-23)16(14)12-5-7-13(31-2)8-6-12/h5-8,14,16H,3-4,9H2,1-2H3,(H2,24,26,29)(H3,25,28,30). The van der Waals surface area contributed by atoms with E-state index in [1.165, 1.54) is 7.11 Å². The summed E-state index contributed by atoms with van der Waals surface area (Å²) in [5.41, 5.74) is 11.1. The first-order valence-corrected chi connectivity index (χ1v) is 9.78. The largest absolute Gasteiger partial charge is 0.497 e. The smallest absolute Gasteiger partial charge is 0.332 e. The number of hydrogen-bond donors (Lipinski definition) is 3. The summed E-state index contributed by atoms with van der Waals surface area (Å²) in [5, 5.41) is 24.7. The Hall–Kier alpha value is -3.92. The molecule has 1 aliphatic heterocycles. The summed E-state index contributed by atoms with van der Waals surface area (Å²) in [4.78, 5) is 28.1. The van der Waals surface area contributed by atoms with E-state index in [-0.39, 0.29) is 12.3 Å². The number of nitrogens with zero attached hydrogens (tertiary/aromatic N) is 4. The van der Waals surface area contributed by atoms with Crippen LogP contribution in [0.2, 0.25) is 0 Å². The highest BCUT2D eigenvalue weighted by atomic mass is 16.5. The minimum Gasteiger partial charge on any atom is -0.497 e. The van der Waals surface area contributed by atoms with Gasteiger partial charge in [-0.15, -0.1) is 0 Å². The Balaban J connectivity index is 2.32. The number of carbonyl (C=O) groups is 2. The first-order valence-electron chi connectivity index (χ1n) is 9.78. The molecular weight excluding hydrogens is 398 g/mol. The van der Waals surface area contributed by atoms with Gasteiger partial charge in [0.1, 0.15) is 17.0 Å². The van der Waals surface area contributed by atoms with Crippen molar-refractivity contribution in [3.05, 3.63) is 29.8 Å². The normalized spacial score (nSPS) is 30.6. The number of nitrogens with two attached hydrogens (primary N) is 2. The molecule has 0 spiro atoms. The molecule has 1 fully saturated rings. The van der Waals surface area contributed by atoms with Crippen molar-refractivity contribution in [1.82, 2.24) is 5.43 Å². The molecule has 31 heavy (non-hydrogen) atoms. The molecule has 1 aromatic rings. The fourth-order valence-corrected chi connectivity index (χ4v) is 4.80. The molecule has 0 aromatic heterocycles. The van der Waals surface area contributed by atoms with Crippen molar-refractivity contribution in [3.63, 3.8) is 0 Å². The first-order chi connectivity index (χ1) is 14.8. The fourth-order valence-electron chi connectivity index (χ4n) is 4.80. The van der Waals surface area contributed by atoms with Gasteiger partial charge in [-0.25, -0.2) is 10.2 Å². The van der Waals surface area contributed by atoms with E-state index in [4.69, 9.17) is 16.2 Å². The third-order valence-electron chi connectivity index (χ3n) is 6.16. The summed E-state index contributed by atoms with van der Waals surface area (Å²) in [7, 11) is 1.54. The van der Waals surface area contributed by atoms with Crippen LogP contribution in [0.25, 0.3) is 0 Å². The van der Waals surface area contributed by atoms with E-state index in [2.05, 4.69) is 21.6 Å². The molecule has 2 aliphatic rings. The quantitative estimate of drug-likeness (QED) is 0.606. The van der Waals surface area contributed by atoms with Crippen LogP contribution < -0.4 is 21.6 Å². The summed E-state index contributed by atoms with van der Waals surface area (Å²) in [6.45, 7) is 1.96. The zero-order chi connectivity index (χ0) is 22.8. The van der Waals surface area contributed by atoms with Gasteiger partial charge in [0.2, 0.25) is 0 Å². The van der Waals surface area contributed by atoms with Gasteiger partial charge in [0.05, 0.1) is 19.2 Å². The number of nitrogens with one attached hydrogen (secondary N) is 1. The highest BCUT2D eigenvalue weighted by Crippen LogP contribution is 2.62. The van der Waals surface area contributed by atoms with E-state index in [1.807, 2.05) is 13.0 Å². The molecule has 160 valence electrons. The van der Waals surface area contributed by atoms with Crippen molar-refractivity contribution in [2.45, 2.75) is 32.1 Å². The summed E-state index contributed by atoms with van der Waals surface area (Å²) in [6.07, 6.45) is 1.11. The number of primary amides is 1. The van der Waals surface area contributed by atoms with Crippen LogP contribution in [0.3, 0.4) is 0 Å². The van der Waals surface area contributed by atoms with Gasteiger partial charge in [-0.3, -0.25) is 4.79 Å². The van der Waals surface area contributed by atoms with Crippen LogP contribution >= 0.6 is 0 Å². The molecule has 1 aliphatic carbocycles. The molecule has 0 radical (unpaired) electrons. The first kappa shape index (κ1) is 21.8. The fraction of sp³-hybridized carbons (Fsp3) is 0.429. The molecule has 1 aromatic carbocycles. The van der Waals surface area contributed by atoms with E-state index in [9.17, 15) is 20.1 Å². The van der Waals surface area contributed by atoms with E-state index in [0.29, 0.717) is 23.4 Å². The molecular formula is C21H23N7O3. The minimum atomic E-state index is -1.86. The average Bonchev–Trinajstić information content (AvgIpc) is 2.99. The summed E-state index contributed by atoms with van der Waals surface area (Å²) in [6, 6.07) is 10.4. The Labute approximate surface area is 179 Å². The number of rotatable bonds is 5. The number of ether oxygens (including phenoxy) is 1. The lowest BCUT2D eigenvalue weighted by Crippen LogP contribution is -2.59. The molecule has 10 heteroatoms. The van der Waals surface area contributed by atoms with Crippen molar-refractivity contribution in [1.29, 1.82) is 10.5 Å². The highest BCUT2D eigenvalue weighted by Gasteiger charge is 2.72. The second kappa shape index (κ2) is 8.07. The molecule has 0 saturated heterocycles. The molecule has 3 rings (SSSR count). The monoisotopic (exact) mass is 421 g/mol. The molecule has 3 amide bonds. The van der Waals surface area contributed by atoms with E-state index in [1.54, 1.807) is 24.3 Å². The Morgan fingerprint density at radius 1 is 1.35 bits per heavy atom. The number of amides is 3. The van der Waals surface area contributed by atoms with E-state index < -0.39 is 34.6 Å². The molecule has 1 saturated carbocycles. The number of methoxy groups -OCH3 is 1. The van der Waals surface area contributed by atoms with Gasteiger partial charge in [-0.1, -0.05) is 25.5 Å². The number of benzene rings is 1. The third kappa shape index (κ3) is 3.08. The van der Waals surface area contributed by atoms with Gasteiger partial charge in [-0.2, -0.15) is 20.6 Å². The van der Waals surface area contributed by atoms with Crippen LogP contribution in [-0.4, -0.2) is 30.6 Å². The number of hydrogen-bond acceptors (Lipinski definition) is 7. The van der Waals surface area contributed by atoms with Crippen LogP contribution in [0.1, 0.15) is 37.7 Å². The predicted molar refractivity (Wildman–Crippen MR) is 112 cm³/mol. The van der Waals surface area contributed by atoms with Crippen LogP contribution in [0.4, 0.5) is 4.79 Å². The molecule has 0 bridgehead atoms. The van der Waals surface area contributed by atoms with Crippen LogP contribution in [0.15, 0.2) is 34.4 Å². The maximum Gasteiger partial charge on any atom is 0.332 e. The van der Waals surface area contributed by atoms with Gasteiger partial charge in [0.25, 0.3) is 5.91 Å². The molecule has 10 nitrogen and oxygen atoms in total. The van der Waals surface area contributed by atoms with Gasteiger partial charge in [0.15, 0.2) is 5.41 Å². The van der Waals surface area contributed by atoms with Crippen molar-refractivity contribution >= 4 is 23.5 Å². The number of amidine groups is 1. The lowest BCUT2D eigenvalue weighted by atomic mass is 9.47. The average molecular weight is 421 g/mol. The Morgan fingerprint density at radius 3 is 2.55 bits per heavy atom. The number of aliphatic imine (C=N–C) groups is 1. The van der Waals surface area contributed by atoms with Gasteiger partial charge in [0, 0.05) is 24.0 Å². The number of fused-ring (bicyclic) bond motifs is 1. The topological polar surface area (TPSA) is 180 Å². The minimum absolute atomic E-state index is 0.176. The maximum absolute atomic E-state index is 12.9. The lowest BCUT2D eigenvalue weighted by molar-refractivity contribution is -0.126. The number of carbonyl (C=O) groups excluding carboxylic acids is 2. The number of nitriles is 2. The number of urea groups is 1. The summed E-state index contributed by atoms with van der Waals surface area (Å²) in [5.74, 6) is -1.45. The second-order valence-electron chi connectivity index (χ2n) is 7.64. The van der Waals surface area contributed by atoms with Gasteiger partial charge < -0.3 is 16.2 Å². The number of hydrazone groups is 1.